The zero-order chi connectivity index (χ0) is 35.3. The molecule has 1 saturated heterocycles. The summed E-state index contributed by atoms with van der Waals surface area (Å²) in [4.78, 5) is 55.8. The molecule has 1 aromatic heterocycles. The minimum atomic E-state index is -1.48. The Morgan fingerprint density at radius 1 is 1.11 bits per heavy atom. The Kier molecular flexibility index (Phi) is 12.7. The minimum Gasteiger partial charge on any atom is -0.465 e. The first-order chi connectivity index (χ1) is 21.7. The van der Waals surface area contributed by atoms with Crippen LogP contribution >= 0.6 is 15.9 Å². The van der Waals surface area contributed by atoms with Crippen LogP contribution in [0.5, 0.6) is 0 Å². The SMILES string of the molecule is C=CCCC(C)(C)COC(=O)C[C@H](C(=O)N1C[C@H](OC(=O)c2cc3c(Br)cccc3n2C)C[C@H]1C(=O)OCC[Si](C)(C)C)C(C)(C)C. The Hall–Kier alpha value is -2.92. The van der Waals surface area contributed by atoms with E-state index in [-0.39, 0.29) is 43.9 Å². The fourth-order valence-corrected chi connectivity index (χ4v) is 6.85. The van der Waals surface area contributed by atoms with Gasteiger partial charge < -0.3 is 23.7 Å². The zero-order valence-electron chi connectivity index (χ0n) is 29.6. The molecule has 1 amide bonds. The minimum absolute atomic E-state index is 0.0161. The van der Waals surface area contributed by atoms with Crippen molar-refractivity contribution in [3.63, 3.8) is 0 Å². The fraction of sp³-hybridized carbons (Fsp3) is 0.611. The predicted molar refractivity (Wildman–Crippen MR) is 191 cm³/mol. The first-order valence-corrected chi connectivity index (χ1v) is 20.9. The summed E-state index contributed by atoms with van der Waals surface area (Å²) in [7, 11) is 0.315. The van der Waals surface area contributed by atoms with Crippen molar-refractivity contribution in [2.45, 2.75) is 98.1 Å². The lowest BCUT2D eigenvalue weighted by atomic mass is 9.77. The number of esters is 3. The van der Waals surface area contributed by atoms with E-state index in [1.807, 2.05) is 58.9 Å². The van der Waals surface area contributed by atoms with Crippen molar-refractivity contribution in [3.05, 3.63) is 47.1 Å². The van der Waals surface area contributed by atoms with Gasteiger partial charge in [-0.25, -0.2) is 9.59 Å². The zero-order valence-corrected chi connectivity index (χ0v) is 32.2. The molecule has 1 aliphatic rings. The van der Waals surface area contributed by atoms with Gasteiger partial charge in [0.2, 0.25) is 5.91 Å². The summed E-state index contributed by atoms with van der Waals surface area (Å²) < 4.78 is 19.9. The molecule has 1 fully saturated rings. The van der Waals surface area contributed by atoms with Crippen LogP contribution in [0, 0.1) is 16.7 Å². The lowest BCUT2D eigenvalue weighted by Crippen LogP contribution is -2.48. The summed E-state index contributed by atoms with van der Waals surface area (Å²) in [6.45, 7) is 20.6. The number of hydrogen-bond donors (Lipinski definition) is 0. The average Bonchev–Trinajstić information content (AvgIpc) is 3.54. The molecule has 0 unspecified atom stereocenters. The lowest BCUT2D eigenvalue weighted by Gasteiger charge is -2.34. The van der Waals surface area contributed by atoms with Crippen molar-refractivity contribution in [2.24, 2.45) is 23.8 Å². The van der Waals surface area contributed by atoms with Crippen molar-refractivity contribution in [1.82, 2.24) is 9.47 Å². The van der Waals surface area contributed by atoms with E-state index >= 15 is 0 Å². The van der Waals surface area contributed by atoms with E-state index in [0.29, 0.717) is 5.69 Å². The number of aromatic nitrogens is 1. The number of carbonyl (C=O) groups is 4. The van der Waals surface area contributed by atoms with Crippen LogP contribution in [0.1, 0.15) is 70.8 Å². The van der Waals surface area contributed by atoms with E-state index < -0.39 is 49.5 Å². The maximum absolute atomic E-state index is 14.3. The molecule has 0 N–H and O–H groups in total. The van der Waals surface area contributed by atoms with Gasteiger partial charge in [-0.2, -0.15) is 0 Å². The highest BCUT2D eigenvalue weighted by Gasteiger charge is 2.47. The van der Waals surface area contributed by atoms with Gasteiger partial charge >= 0.3 is 17.9 Å². The number of allylic oxidation sites excluding steroid dienone is 1. The molecule has 11 heteroatoms. The molecule has 3 rings (SSSR count). The number of ether oxygens (including phenoxy) is 3. The van der Waals surface area contributed by atoms with Gasteiger partial charge in [0.15, 0.2) is 0 Å². The smallest absolute Gasteiger partial charge is 0.355 e. The second-order valence-corrected chi connectivity index (χ2v) is 22.3. The summed E-state index contributed by atoms with van der Waals surface area (Å²) in [5.74, 6) is -2.67. The summed E-state index contributed by atoms with van der Waals surface area (Å²) in [6.07, 6.45) is 2.70. The van der Waals surface area contributed by atoms with Gasteiger partial charge in [0.25, 0.3) is 0 Å². The average molecular weight is 734 g/mol. The normalized spacial score (nSPS) is 17.8. The molecular formula is C36H53BrN2O7Si. The first kappa shape index (κ1) is 38.5. The molecule has 0 radical (unpaired) electrons. The topological polar surface area (TPSA) is 104 Å². The Labute approximate surface area is 289 Å². The van der Waals surface area contributed by atoms with Gasteiger partial charge in [-0.15, -0.1) is 6.58 Å². The van der Waals surface area contributed by atoms with Gasteiger partial charge in [-0.3, -0.25) is 9.59 Å². The fourth-order valence-electron chi connectivity index (χ4n) is 5.67. The molecule has 2 heterocycles. The third kappa shape index (κ3) is 10.5. The van der Waals surface area contributed by atoms with E-state index in [1.165, 1.54) is 4.90 Å². The molecule has 0 aliphatic carbocycles. The van der Waals surface area contributed by atoms with Gasteiger partial charge in [0.05, 0.1) is 32.1 Å². The number of nitrogens with zero attached hydrogens (tertiary/aromatic N) is 2. The van der Waals surface area contributed by atoms with Gasteiger partial charge in [0.1, 0.15) is 17.8 Å². The van der Waals surface area contributed by atoms with Crippen LogP contribution < -0.4 is 0 Å². The number of benzene rings is 1. The number of carbonyl (C=O) groups excluding carboxylic acids is 4. The molecule has 9 nitrogen and oxygen atoms in total. The molecular weight excluding hydrogens is 680 g/mol. The molecule has 2 aromatic rings. The van der Waals surface area contributed by atoms with Crippen LogP contribution in [0.3, 0.4) is 0 Å². The second-order valence-electron chi connectivity index (χ2n) is 15.8. The third-order valence-corrected chi connectivity index (χ3v) is 11.2. The van der Waals surface area contributed by atoms with E-state index in [2.05, 4.69) is 42.1 Å². The number of rotatable bonds is 14. The third-order valence-electron chi connectivity index (χ3n) is 8.79. The van der Waals surface area contributed by atoms with E-state index in [4.69, 9.17) is 14.2 Å². The number of aryl methyl sites for hydroxylation is 1. The Balaban J connectivity index is 1.83. The van der Waals surface area contributed by atoms with Gasteiger partial charge in [-0.1, -0.05) is 82.3 Å². The maximum Gasteiger partial charge on any atom is 0.355 e. The Morgan fingerprint density at radius 2 is 1.79 bits per heavy atom. The lowest BCUT2D eigenvalue weighted by molar-refractivity contribution is -0.158. The number of likely N-dealkylation sites (tertiary alicyclic amines) is 1. The molecule has 260 valence electrons. The number of halogens is 1. The van der Waals surface area contributed by atoms with Crippen LogP contribution in [-0.2, 0) is 35.6 Å². The summed E-state index contributed by atoms with van der Waals surface area (Å²) in [6, 6.07) is 7.32. The number of fused-ring (bicyclic) bond motifs is 1. The Bertz CT molecular complexity index is 1470. The molecule has 1 aliphatic heterocycles. The van der Waals surface area contributed by atoms with Crippen LogP contribution in [0.25, 0.3) is 10.9 Å². The van der Waals surface area contributed by atoms with E-state index in [1.54, 1.807) is 17.7 Å². The van der Waals surface area contributed by atoms with Crippen molar-refractivity contribution < 1.29 is 33.4 Å². The van der Waals surface area contributed by atoms with E-state index in [9.17, 15) is 19.2 Å². The van der Waals surface area contributed by atoms with Crippen LogP contribution in [0.15, 0.2) is 41.4 Å². The summed E-state index contributed by atoms with van der Waals surface area (Å²) in [5.41, 5.74) is 0.369. The molecule has 1 aromatic carbocycles. The summed E-state index contributed by atoms with van der Waals surface area (Å²) >= 11 is 3.54. The van der Waals surface area contributed by atoms with Crippen LogP contribution in [0.4, 0.5) is 0 Å². The van der Waals surface area contributed by atoms with E-state index in [0.717, 1.165) is 34.3 Å². The van der Waals surface area contributed by atoms with Gasteiger partial charge in [-0.05, 0) is 47.9 Å². The second kappa shape index (κ2) is 15.5. The van der Waals surface area contributed by atoms with Crippen molar-refractivity contribution in [1.29, 1.82) is 0 Å². The highest BCUT2D eigenvalue weighted by Crippen LogP contribution is 2.35. The molecule has 0 saturated carbocycles. The standard InChI is InChI=1S/C36H53BrN2O7Si/c1-11-12-16-36(5,6)23-45-31(40)21-26(35(2,3)4)32(41)39-22-24(19-30(39)33(42)44-17-18-47(8,9)10)46-34(43)29-20-25-27(37)14-13-15-28(25)38(29)7/h11,13-15,20,24,26,30H,1,12,16-19,21-23H2,2-10H3/t24-,26-,30+/m1/s1. The predicted octanol–water partition coefficient (Wildman–Crippen LogP) is 7.54. The highest BCUT2D eigenvalue weighted by molar-refractivity contribution is 9.10. The monoisotopic (exact) mass is 732 g/mol. The number of hydrogen-bond acceptors (Lipinski definition) is 7. The van der Waals surface area contributed by atoms with Crippen molar-refractivity contribution in [3.8, 4) is 0 Å². The first-order valence-electron chi connectivity index (χ1n) is 16.4. The molecule has 47 heavy (non-hydrogen) atoms. The van der Waals surface area contributed by atoms with Crippen molar-refractivity contribution in [2.75, 3.05) is 19.8 Å². The largest absolute Gasteiger partial charge is 0.465 e. The van der Waals surface area contributed by atoms with Crippen LogP contribution in [0.2, 0.25) is 25.7 Å². The van der Waals surface area contributed by atoms with Crippen molar-refractivity contribution >= 4 is 58.7 Å². The summed E-state index contributed by atoms with van der Waals surface area (Å²) in [5, 5.41) is 0.873. The highest BCUT2D eigenvalue weighted by atomic mass is 79.9. The molecule has 0 spiro atoms. The van der Waals surface area contributed by atoms with Gasteiger partial charge in [0, 0.05) is 36.9 Å². The number of amides is 1. The molecule has 0 bridgehead atoms. The van der Waals surface area contributed by atoms with Crippen LogP contribution in [-0.4, -0.2) is 73.3 Å². The molecule has 3 atom stereocenters. The maximum atomic E-state index is 14.3. The Morgan fingerprint density at radius 3 is 2.38 bits per heavy atom. The quantitative estimate of drug-likeness (QED) is 0.0856.